The van der Waals surface area contributed by atoms with Gasteiger partial charge in [0.25, 0.3) is 5.91 Å². The maximum atomic E-state index is 13.6. The number of nitrogens with one attached hydrogen (secondary N) is 2. The number of amides is 1. The van der Waals surface area contributed by atoms with Gasteiger partial charge in [0.2, 0.25) is 0 Å². The van der Waals surface area contributed by atoms with Crippen LogP contribution in [0, 0.1) is 5.82 Å². The molecular formula is C21H20FN3O2. The highest BCUT2D eigenvalue weighted by Gasteiger charge is 2.07. The van der Waals surface area contributed by atoms with Crippen LogP contribution in [0.15, 0.2) is 66.9 Å². The summed E-state index contributed by atoms with van der Waals surface area (Å²) in [7, 11) is 1.61. The Balaban J connectivity index is 1.52. The molecule has 0 bridgehead atoms. The number of rotatable bonds is 7. The predicted octanol–water partition coefficient (Wildman–Crippen LogP) is 3.77. The maximum absolute atomic E-state index is 13.6. The van der Waals surface area contributed by atoms with Gasteiger partial charge in [-0.2, -0.15) is 0 Å². The van der Waals surface area contributed by atoms with Crippen LogP contribution in [0.1, 0.15) is 21.5 Å². The van der Waals surface area contributed by atoms with E-state index in [2.05, 4.69) is 15.6 Å². The number of hydrogen-bond acceptors (Lipinski definition) is 4. The van der Waals surface area contributed by atoms with Gasteiger partial charge in [-0.3, -0.25) is 4.79 Å². The van der Waals surface area contributed by atoms with Gasteiger partial charge in [0, 0.05) is 24.8 Å². The van der Waals surface area contributed by atoms with Gasteiger partial charge >= 0.3 is 0 Å². The Kier molecular flexibility index (Phi) is 5.99. The summed E-state index contributed by atoms with van der Waals surface area (Å²) in [5, 5.41) is 5.89. The molecule has 0 saturated carbocycles. The summed E-state index contributed by atoms with van der Waals surface area (Å²) < 4.78 is 18.7. The van der Waals surface area contributed by atoms with E-state index in [-0.39, 0.29) is 11.7 Å². The first kappa shape index (κ1) is 18.4. The highest BCUT2D eigenvalue weighted by Crippen LogP contribution is 2.12. The molecule has 0 aliphatic carbocycles. The molecule has 6 heteroatoms. The van der Waals surface area contributed by atoms with Crippen LogP contribution in [-0.4, -0.2) is 18.0 Å². The van der Waals surface area contributed by atoms with Crippen LogP contribution in [-0.2, 0) is 13.1 Å². The van der Waals surface area contributed by atoms with E-state index in [1.807, 2.05) is 24.3 Å². The molecule has 0 saturated heterocycles. The Labute approximate surface area is 157 Å². The van der Waals surface area contributed by atoms with E-state index in [1.165, 1.54) is 12.3 Å². The van der Waals surface area contributed by atoms with Crippen molar-refractivity contribution >= 4 is 11.7 Å². The molecule has 2 aromatic carbocycles. The first-order chi connectivity index (χ1) is 13.2. The number of carbonyl (C=O) groups excluding carboxylic acids is 1. The van der Waals surface area contributed by atoms with Crippen molar-refractivity contribution in [2.45, 2.75) is 13.1 Å². The minimum atomic E-state index is -0.264. The van der Waals surface area contributed by atoms with Crippen molar-refractivity contribution in [3.05, 3.63) is 89.4 Å². The molecule has 0 atom stereocenters. The van der Waals surface area contributed by atoms with E-state index < -0.39 is 0 Å². The lowest BCUT2D eigenvalue weighted by Crippen LogP contribution is -2.22. The number of anilines is 1. The molecule has 0 fully saturated rings. The van der Waals surface area contributed by atoms with Crippen molar-refractivity contribution in [1.29, 1.82) is 0 Å². The number of nitrogens with zero attached hydrogens (tertiary/aromatic N) is 1. The molecule has 3 aromatic rings. The normalized spacial score (nSPS) is 10.3. The number of hydrogen-bond donors (Lipinski definition) is 2. The third kappa shape index (κ3) is 5.04. The Bertz CT molecular complexity index is 896. The van der Waals surface area contributed by atoms with Crippen molar-refractivity contribution in [3.63, 3.8) is 0 Å². The molecule has 138 valence electrons. The van der Waals surface area contributed by atoms with Gasteiger partial charge in [-0.05, 0) is 35.9 Å². The average molecular weight is 365 g/mol. The number of halogens is 1. The number of pyridine rings is 1. The minimum absolute atomic E-state index is 0.209. The highest BCUT2D eigenvalue weighted by molar-refractivity contribution is 5.94. The second-order valence-electron chi connectivity index (χ2n) is 5.91. The number of benzene rings is 2. The minimum Gasteiger partial charge on any atom is -0.497 e. The first-order valence-electron chi connectivity index (χ1n) is 8.50. The molecule has 2 N–H and O–H groups in total. The molecule has 0 aliphatic rings. The summed E-state index contributed by atoms with van der Waals surface area (Å²) in [6.45, 7) is 0.735. The molecular weight excluding hydrogens is 345 g/mol. The summed E-state index contributed by atoms with van der Waals surface area (Å²) in [5.41, 5.74) is 1.99. The summed E-state index contributed by atoms with van der Waals surface area (Å²) in [4.78, 5) is 16.4. The van der Waals surface area contributed by atoms with Gasteiger partial charge in [-0.15, -0.1) is 0 Å². The number of carbonyl (C=O) groups is 1. The fraction of sp³-hybridized carbons (Fsp3) is 0.143. The molecule has 0 aliphatic heterocycles. The van der Waals surface area contributed by atoms with Crippen molar-refractivity contribution < 1.29 is 13.9 Å². The Morgan fingerprint density at radius 3 is 2.48 bits per heavy atom. The molecule has 27 heavy (non-hydrogen) atoms. The third-order valence-electron chi connectivity index (χ3n) is 4.06. The number of ether oxygens (including phenoxy) is 1. The molecule has 0 spiro atoms. The summed E-state index contributed by atoms with van der Waals surface area (Å²) in [6.07, 6.45) is 1.49. The summed E-state index contributed by atoms with van der Waals surface area (Å²) in [5.74, 6) is 0.871. The van der Waals surface area contributed by atoms with Crippen LogP contribution in [0.5, 0.6) is 5.75 Å². The van der Waals surface area contributed by atoms with E-state index in [0.717, 1.165) is 11.3 Å². The molecule has 3 rings (SSSR count). The third-order valence-corrected chi connectivity index (χ3v) is 4.06. The molecule has 1 heterocycles. The van der Waals surface area contributed by atoms with Crippen molar-refractivity contribution in [3.8, 4) is 5.75 Å². The molecule has 1 aromatic heterocycles. The van der Waals surface area contributed by atoms with Gasteiger partial charge in [-0.25, -0.2) is 9.37 Å². The topological polar surface area (TPSA) is 63.2 Å². The number of aromatic nitrogens is 1. The van der Waals surface area contributed by atoms with E-state index in [0.29, 0.717) is 30.0 Å². The highest BCUT2D eigenvalue weighted by atomic mass is 19.1. The van der Waals surface area contributed by atoms with Crippen LogP contribution < -0.4 is 15.4 Å². The van der Waals surface area contributed by atoms with Crippen LogP contribution in [0.4, 0.5) is 10.2 Å². The van der Waals surface area contributed by atoms with E-state index in [9.17, 15) is 9.18 Å². The zero-order valence-corrected chi connectivity index (χ0v) is 14.9. The second-order valence-corrected chi connectivity index (χ2v) is 5.91. The maximum Gasteiger partial charge on any atom is 0.253 e. The monoisotopic (exact) mass is 365 g/mol. The van der Waals surface area contributed by atoms with Gasteiger partial charge in [0.15, 0.2) is 0 Å². The molecule has 5 nitrogen and oxygen atoms in total. The van der Waals surface area contributed by atoms with Crippen LogP contribution in [0.25, 0.3) is 0 Å². The lowest BCUT2D eigenvalue weighted by molar-refractivity contribution is 0.0950. The fourth-order valence-corrected chi connectivity index (χ4v) is 2.49. The SMILES string of the molecule is COc1ccc(CNC(=O)c2ccc(NCc3ccccc3F)nc2)cc1. The zero-order valence-electron chi connectivity index (χ0n) is 14.9. The fourth-order valence-electron chi connectivity index (χ4n) is 2.49. The molecule has 0 radical (unpaired) electrons. The number of methoxy groups -OCH3 is 1. The van der Waals surface area contributed by atoms with E-state index in [1.54, 1.807) is 37.4 Å². The second kappa shape index (κ2) is 8.80. The largest absolute Gasteiger partial charge is 0.497 e. The molecule has 1 amide bonds. The summed E-state index contributed by atoms with van der Waals surface area (Å²) >= 11 is 0. The van der Waals surface area contributed by atoms with E-state index in [4.69, 9.17) is 4.74 Å². The van der Waals surface area contributed by atoms with Crippen LogP contribution >= 0.6 is 0 Å². The lowest BCUT2D eigenvalue weighted by Gasteiger charge is -2.08. The van der Waals surface area contributed by atoms with Crippen molar-refractivity contribution in [2.24, 2.45) is 0 Å². The zero-order chi connectivity index (χ0) is 19.1. The predicted molar refractivity (Wildman–Crippen MR) is 102 cm³/mol. The van der Waals surface area contributed by atoms with Crippen molar-refractivity contribution in [2.75, 3.05) is 12.4 Å². The Morgan fingerprint density at radius 2 is 1.81 bits per heavy atom. The smallest absolute Gasteiger partial charge is 0.253 e. The average Bonchev–Trinajstić information content (AvgIpc) is 2.72. The standard InChI is InChI=1S/C21H20FN3O2/c1-27-18-9-6-15(7-10-18)12-25-21(26)17-8-11-20(24-14-17)23-13-16-4-2-3-5-19(16)22/h2-11,14H,12-13H2,1H3,(H,23,24)(H,25,26). The Hall–Kier alpha value is -3.41. The van der Waals surface area contributed by atoms with Gasteiger partial charge in [-0.1, -0.05) is 30.3 Å². The molecule has 0 unspecified atom stereocenters. The summed E-state index contributed by atoms with van der Waals surface area (Å²) in [6, 6.07) is 17.4. The quantitative estimate of drug-likeness (QED) is 0.669. The lowest BCUT2D eigenvalue weighted by atomic mass is 10.2. The van der Waals surface area contributed by atoms with Gasteiger partial charge in [0.1, 0.15) is 17.4 Å². The Morgan fingerprint density at radius 1 is 1.04 bits per heavy atom. The van der Waals surface area contributed by atoms with Gasteiger partial charge < -0.3 is 15.4 Å². The van der Waals surface area contributed by atoms with E-state index >= 15 is 0 Å². The van der Waals surface area contributed by atoms with Crippen LogP contribution in [0.2, 0.25) is 0 Å². The van der Waals surface area contributed by atoms with Crippen LogP contribution in [0.3, 0.4) is 0 Å². The first-order valence-corrected chi connectivity index (χ1v) is 8.50. The van der Waals surface area contributed by atoms with Crippen molar-refractivity contribution in [1.82, 2.24) is 10.3 Å². The van der Waals surface area contributed by atoms with Gasteiger partial charge in [0.05, 0.1) is 12.7 Å².